The molecule has 5 heteroatoms. The van der Waals surface area contributed by atoms with E-state index in [1.807, 2.05) is 13.8 Å². The summed E-state index contributed by atoms with van der Waals surface area (Å²) in [6.07, 6.45) is 4.62. The minimum absolute atomic E-state index is 0.142. The zero-order valence-corrected chi connectivity index (χ0v) is 13.3. The Morgan fingerprint density at radius 1 is 1.20 bits per heavy atom. The van der Waals surface area contributed by atoms with Crippen molar-refractivity contribution in [1.29, 1.82) is 0 Å². The highest BCUT2D eigenvalue weighted by Crippen LogP contribution is 2.14. The van der Waals surface area contributed by atoms with E-state index >= 15 is 0 Å². The summed E-state index contributed by atoms with van der Waals surface area (Å²) < 4.78 is 0. The lowest BCUT2D eigenvalue weighted by Crippen LogP contribution is -2.48. The van der Waals surface area contributed by atoms with Gasteiger partial charge in [-0.15, -0.1) is 0 Å². The number of urea groups is 1. The maximum absolute atomic E-state index is 11.8. The molecule has 0 aromatic carbocycles. The zero-order valence-electron chi connectivity index (χ0n) is 13.3. The van der Waals surface area contributed by atoms with Gasteiger partial charge in [-0.1, -0.05) is 26.7 Å². The van der Waals surface area contributed by atoms with Crippen LogP contribution in [0.4, 0.5) is 4.79 Å². The second kappa shape index (κ2) is 9.61. The van der Waals surface area contributed by atoms with Crippen molar-refractivity contribution >= 4 is 12.0 Å². The molecule has 0 aliphatic heterocycles. The molecular weight excluding hydrogens is 256 g/mol. The number of carboxylic acids is 1. The fourth-order valence-electron chi connectivity index (χ4n) is 2.31. The average molecular weight is 286 g/mol. The molecule has 5 nitrogen and oxygen atoms in total. The largest absolute Gasteiger partial charge is 0.481 e. The van der Waals surface area contributed by atoms with E-state index in [4.69, 9.17) is 5.11 Å². The molecule has 0 aliphatic carbocycles. The number of nitrogens with one attached hydrogen (secondary N) is 2. The Hall–Kier alpha value is -1.26. The van der Waals surface area contributed by atoms with Gasteiger partial charge in [0.1, 0.15) is 0 Å². The lowest BCUT2D eigenvalue weighted by atomic mass is 9.96. The third-order valence-electron chi connectivity index (χ3n) is 3.51. The van der Waals surface area contributed by atoms with Crippen LogP contribution in [-0.2, 0) is 4.79 Å². The van der Waals surface area contributed by atoms with Crippen molar-refractivity contribution in [3.8, 4) is 0 Å². The molecule has 20 heavy (non-hydrogen) atoms. The first-order chi connectivity index (χ1) is 9.30. The lowest BCUT2D eigenvalue weighted by Gasteiger charge is -2.26. The Bertz CT molecular complexity index is 303. The van der Waals surface area contributed by atoms with E-state index in [1.54, 1.807) is 0 Å². The number of carbonyl (C=O) groups excluding carboxylic acids is 1. The first-order valence-corrected chi connectivity index (χ1v) is 7.58. The van der Waals surface area contributed by atoms with Crippen LogP contribution in [0.15, 0.2) is 0 Å². The van der Waals surface area contributed by atoms with Crippen LogP contribution in [0.2, 0.25) is 0 Å². The van der Waals surface area contributed by atoms with Gasteiger partial charge in [0.25, 0.3) is 0 Å². The van der Waals surface area contributed by atoms with Gasteiger partial charge in [-0.25, -0.2) is 4.79 Å². The summed E-state index contributed by atoms with van der Waals surface area (Å²) in [5.74, 6) is -0.398. The minimum Gasteiger partial charge on any atom is -0.481 e. The van der Waals surface area contributed by atoms with Crippen LogP contribution in [0.25, 0.3) is 0 Å². The average Bonchev–Trinajstić information content (AvgIpc) is 2.32. The van der Waals surface area contributed by atoms with Crippen molar-refractivity contribution in [2.75, 3.05) is 6.54 Å². The number of amides is 2. The summed E-state index contributed by atoms with van der Waals surface area (Å²) in [5, 5.41) is 14.5. The molecule has 3 N–H and O–H groups in total. The standard InChI is InChI=1S/C15H30N2O3/c1-5-10-15(3,4)17-14(20)16-11-9-12(6-2)7-8-13(18)19/h12H,5-11H2,1-4H3,(H,18,19)(H2,16,17,20). The van der Waals surface area contributed by atoms with Gasteiger partial charge in [0.15, 0.2) is 0 Å². The minimum atomic E-state index is -0.754. The molecule has 0 aromatic rings. The highest BCUT2D eigenvalue weighted by Gasteiger charge is 2.18. The smallest absolute Gasteiger partial charge is 0.315 e. The monoisotopic (exact) mass is 286 g/mol. The SMILES string of the molecule is CCCC(C)(C)NC(=O)NCCC(CC)CCC(=O)O. The van der Waals surface area contributed by atoms with Crippen LogP contribution in [0, 0.1) is 5.92 Å². The van der Waals surface area contributed by atoms with Gasteiger partial charge >= 0.3 is 12.0 Å². The predicted molar refractivity (Wildman–Crippen MR) is 80.8 cm³/mol. The van der Waals surface area contributed by atoms with Crippen molar-refractivity contribution < 1.29 is 14.7 Å². The summed E-state index contributed by atoms with van der Waals surface area (Å²) in [5.41, 5.74) is -0.188. The molecule has 0 fully saturated rings. The molecule has 0 spiro atoms. The van der Waals surface area contributed by atoms with Gasteiger partial charge < -0.3 is 15.7 Å². The highest BCUT2D eigenvalue weighted by molar-refractivity contribution is 5.74. The van der Waals surface area contributed by atoms with E-state index in [0.717, 1.165) is 25.7 Å². The van der Waals surface area contributed by atoms with Crippen molar-refractivity contribution in [2.24, 2.45) is 5.92 Å². The summed E-state index contributed by atoms with van der Waals surface area (Å²) in [6, 6.07) is -0.142. The van der Waals surface area contributed by atoms with E-state index < -0.39 is 5.97 Å². The van der Waals surface area contributed by atoms with Crippen LogP contribution >= 0.6 is 0 Å². The maximum atomic E-state index is 11.8. The number of rotatable bonds is 10. The van der Waals surface area contributed by atoms with E-state index in [9.17, 15) is 9.59 Å². The summed E-state index contributed by atoms with van der Waals surface area (Å²) in [6.45, 7) is 8.76. The van der Waals surface area contributed by atoms with Crippen LogP contribution < -0.4 is 10.6 Å². The molecule has 0 rings (SSSR count). The Kier molecular flexibility index (Phi) is 9.01. The summed E-state index contributed by atoms with van der Waals surface area (Å²) in [7, 11) is 0. The van der Waals surface area contributed by atoms with Crippen LogP contribution in [0.5, 0.6) is 0 Å². The predicted octanol–water partition coefficient (Wildman–Crippen LogP) is 3.15. The fraction of sp³-hybridized carbons (Fsp3) is 0.867. The number of carbonyl (C=O) groups is 2. The van der Waals surface area contributed by atoms with Crippen LogP contribution in [0.3, 0.4) is 0 Å². The number of aliphatic carboxylic acids is 1. The maximum Gasteiger partial charge on any atom is 0.315 e. The lowest BCUT2D eigenvalue weighted by molar-refractivity contribution is -0.137. The zero-order chi connectivity index (χ0) is 15.6. The second-order valence-electron chi connectivity index (χ2n) is 6.01. The Morgan fingerprint density at radius 3 is 2.35 bits per heavy atom. The van der Waals surface area contributed by atoms with Gasteiger partial charge in [0.2, 0.25) is 0 Å². The summed E-state index contributed by atoms with van der Waals surface area (Å²) >= 11 is 0. The third kappa shape index (κ3) is 9.64. The Balaban J connectivity index is 3.91. The van der Waals surface area contributed by atoms with E-state index in [0.29, 0.717) is 18.9 Å². The van der Waals surface area contributed by atoms with E-state index in [-0.39, 0.29) is 18.0 Å². The topological polar surface area (TPSA) is 78.4 Å². The first kappa shape index (κ1) is 18.7. The Labute approximate surface area is 122 Å². The molecule has 1 atom stereocenters. The number of hydrogen-bond acceptors (Lipinski definition) is 2. The molecule has 0 saturated heterocycles. The third-order valence-corrected chi connectivity index (χ3v) is 3.51. The van der Waals surface area contributed by atoms with Crippen molar-refractivity contribution in [3.63, 3.8) is 0 Å². The fourth-order valence-corrected chi connectivity index (χ4v) is 2.31. The van der Waals surface area contributed by atoms with Gasteiger partial charge in [0.05, 0.1) is 0 Å². The normalized spacial score (nSPS) is 12.8. The number of hydrogen-bond donors (Lipinski definition) is 3. The van der Waals surface area contributed by atoms with Crippen molar-refractivity contribution in [1.82, 2.24) is 10.6 Å². The van der Waals surface area contributed by atoms with Gasteiger partial charge in [-0.05, 0) is 39.0 Å². The molecule has 0 heterocycles. The van der Waals surface area contributed by atoms with Crippen molar-refractivity contribution in [3.05, 3.63) is 0 Å². The highest BCUT2D eigenvalue weighted by atomic mass is 16.4. The molecule has 0 bridgehead atoms. The molecule has 0 aliphatic rings. The summed E-state index contributed by atoms with van der Waals surface area (Å²) in [4.78, 5) is 22.3. The van der Waals surface area contributed by atoms with Gasteiger partial charge in [-0.3, -0.25) is 4.79 Å². The second-order valence-corrected chi connectivity index (χ2v) is 6.01. The van der Waals surface area contributed by atoms with E-state index in [1.165, 1.54) is 0 Å². The van der Waals surface area contributed by atoms with Crippen LogP contribution in [-0.4, -0.2) is 29.2 Å². The molecule has 0 saturated carbocycles. The van der Waals surface area contributed by atoms with E-state index in [2.05, 4.69) is 24.5 Å². The first-order valence-electron chi connectivity index (χ1n) is 7.58. The van der Waals surface area contributed by atoms with Crippen LogP contribution in [0.1, 0.15) is 66.2 Å². The molecule has 118 valence electrons. The Morgan fingerprint density at radius 2 is 1.85 bits per heavy atom. The molecule has 2 amide bonds. The molecule has 0 aromatic heterocycles. The molecule has 1 unspecified atom stereocenters. The van der Waals surface area contributed by atoms with Gasteiger partial charge in [0, 0.05) is 18.5 Å². The quantitative estimate of drug-likeness (QED) is 0.577. The number of carboxylic acid groups (broad SMARTS) is 1. The van der Waals surface area contributed by atoms with Gasteiger partial charge in [-0.2, -0.15) is 0 Å². The molecular formula is C15H30N2O3. The molecule has 0 radical (unpaired) electrons. The van der Waals surface area contributed by atoms with Crippen molar-refractivity contribution in [2.45, 2.75) is 71.8 Å².